The van der Waals surface area contributed by atoms with Gasteiger partial charge in [0.2, 0.25) is 0 Å². The number of hydrogen-bond donors (Lipinski definition) is 0. The highest BCUT2D eigenvalue weighted by Gasteiger charge is 2.41. The van der Waals surface area contributed by atoms with Crippen LogP contribution in [0.4, 0.5) is 4.79 Å². The summed E-state index contributed by atoms with van der Waals surface area (Å²) in [5.74, 6) is 0.819. The predicted octanol–water partition coefficient (Wildman–Crippen LogP) is 4.40. The molecular weight excluding hydrogens is 228 g/mol. The van der Waals surface area contributed by atoms with Crippen molar-refractivity contribution in [2.45, 2.75) is 66.4 Å². The molecule has 0 amide bonds. The molecular formula is C15H28O3. The monoisotopic (exact) mass is 256 g/mol. The van der Waals surface area contributed by atoms with Crippen molar-refractivity contribution in [2.75, 3.05) is 6.61 Å². The minimum absolute atomic E-state index is 0.00378. The van der Waals surface area contributed by atoms with E-state index in [1.54, 1.807) is 0 Å². The van der Waals surface area contributed by atoms with Gasteiger partial charge in [-0.05, 0) is 31.1 Å². The highest BCUT2D eigenvalue weighted by atomic mass is 16.7. The molecule has 0 N–H and O–H groups in total. The van der Waals surface area contributed by atoms with Crippen molar-refractivity contribution in [2.24, 2.45) is 17.3 Å². The van der Waals surface area contributed by atoms with E-state index in [9.17, 15) is 4.79 Å². The molecule has 3 nitrogen and oxygen atoms in total. The lowest BCUT2D eigenvalue weighted by Crippen LogP contribution is -2.43. The van der Waals surface area contributed by atoms with E-state index in [0.29, 0.717) is 18.4 Å². The van der Waals surface area contributed by atoms with Gasteiger partial charge in [0.15, 0.2) is 0 Å². The van der Waals surface area contributed by atoms with E-state index in [-0.39, 0.29) is 11.5 Å². The Morgan fingerprint density at radius 2 is 2.06 bits per heavy atom. The second-order valence-electron chi connectivity index (χ2n) is 6.54. The van der Waals surface area contributed by atoms with Gasteiger partial charge in [0.25, 0.3) is 0 Å². The Labute approximate surface area is 111 Å². The fourth-order valence-electron chi connectivity index (χ4n) is 2.80. The van der Waals surface area contributed by atoms with Gasteiger partial charge in [0.05, 0.1) is 6.61 Å². The second kappa shape index (κ2) is 6.44. The molecule has 0 spiro atoms. The van der Waals surface area contributed by atoms with E-state index in [1.807, 2.05) is 13.8 Å². The predicted molar refractivity (Wildman–Crippen MR) is 72.5 cm³/mol. The summed E-state index contributed by atoms with van der Waals surface area (Å²) in [6.07, 6.45) is 4.06. The average molecular weight is 256 g/mol. The van der Waals surface area contributed by atoms with E-state index in [4.69, 9.17) is 9.47 Å². The largest absolute Gasteiger partial charge is 0.508 e. The molecule has 0 saturated heterocycles. The summed E-state index contributed by atoms with van der Waals surface area (Å²) in [5.41, 5.74) is 0.0653. The maximum atomic E-state index is 11.7. The molecule has 1 rings (SSSR count). The van der Waals surface area contributed by atoms with Gasteiger partial charge in [0.1, 0.15) is 6.10 Å². The van der Waals surface area contributed by atoms with Crippen LogP contribution in [0, 0.1) is 17.3 Å². The van der Waals surface area contributed by atoms with Gasteiger partial charge in [-0.25, -0.2) is 4.79 Å². The molecule has 0 heterocycles. The van der Waals surface area contributed by atoms with Crippen molar-refractivity contribution >= 4 is 6.16 Å². The van der Waals surface area contributed by atoms with Crippen LogP contribution < -0.4 is 0 Å². The summed E-state index contributed by atoms with van der Waals surface area (Å²) in [6, 6.07) is 0. The molecule has 1 fully saturated rings. The van der Waals surface area contributed by atoms with Crippen molar-refractivity contribution < 1.29 is 14.3 Å². The van der Waals surface area contributed by atoms with Crippen LogP contribution in [0.1, 0.15) is 60.3 Å². The molecule has 18 heavy (non-hydrogen) atoms. The minimum Gasteiger partial charge on any atom is -0.434 e. The van der Waals surface area contributed by atoms with Gasteiger partial charge in [-0.15, -0.1) is 0 Å². The van der Waals surface area contributed by atoms with Gasteiger partial charge < -0.3 is 9.47 Å². The molecule has 0 bridgehead atoms. The lowest BCUT2D eigenvalue weighted by Gasteiger charge is -2.42. The van der Waals surface area contributed by atoms with Crippen LogP contribution in [0.3, 0.4) is 0 Å². The van der Waals surface area contributed by atoms with E-state index in [0.717, 1.165) is 19.3 Å². The molecule has 0 aliphatic heterocycles. The number of ether oxygens (including phenoxy) is 2. The molecule has 1 aliphatic rings. The third kappa shape index (κ3) is 4.18. The SMILES string of the molecule is CC[C@@H]1CCCC(C)(C)[C@H]1OC(=O)OCC(C)C. The van der Waals surface area contributed by atoms with Gasteiger partial charge >= 0.3 is 6.16 Å². The lowest BCUT2D eigenvalue weighted by molar-refractivity contribution is -0.0733. The average Bonchev–Trinajstić information content (AvgIpc) is 2.28. The Kier molecular flexibility index (Phi) is 5.48. The second-order valence-corrected chi connectivity index (χ2v) is 6.54. The van der Waals surface area contributed by atoms with E-state index in [2.05, 4.69) is 20.8 Å². The van der Waals surface area contributed by atoms with E-state index >= 15 is 0 Å². The quantitative estimate of drug-likeness (QED) is 0.699. The lowest BCUT2D eigenvalue weighted by atomic mass is 9.69. The van der Waals surface area contributed by atoms with Crippen molar-refractivity contribution in [3.8, 4) is 0 Å². The molecule has 106 valence electrons. The Balaban J connectivity index is 2.57. The normalized spacial score (nSPS) is 27.0. The van der Waals surface area contributed by atoms with Crippen LogP contribution in [0.25, 0.3) is 0 Å². The zero-order chi connectivity index (χ0) is 13.8. The topological polar surface area (TPSA) is 35.5 Å². The van der Waals surface area contributed by atoms with Crippen molar-refractivity contribution in [1.82, 2.24) is 0 Å². The molecule has 1 saturated carbocycles. The Morgan fingerprint density at radius 3 is 2.61 bits per heavy atom. The van der Waals surface area contributed by atoms with Crippen LogP contribution in [0.5, 0.6) is 0 Å². The van der Waals surface area contributed by atoms with Crippen LogP contribution in [0.15, 0.2) is 0 Å². The van der Waals surface area contributed by atoms with Gasteiger partial charge in [-0.3, -0.25) is 0 Å². The Hall–Kier alpha value is -0.730. The number of carbonyl (C=O) groups excluding carboxylic acids is 1. The molecule has 0 aromatic heterocycles. The third-order valence-electron chi connectivity index (χ3n) is 3.88. The minimum atomic E-state index is -0.498. The summed E-state index contributed by atoms with van der Waals surface area (Å²) in [5, 5.41) is 0. The summed E-state index contributed by atoms with van der Waals surface area (Å²) < 4.78 is 10.7. The summed E-state index contributed by atoms with van der Waals surface area (Å²) in [4.78, 5) is 11.7. The number of carbonyl (C=O) groups is 1. The molecule has 1 aliphatic carbocycles. The van der Waals surface area contributed by atoms with Gasteiger partial charge in [0, 0.05) is 5.41 Å². The van der Waals surface area contributed by atoms with Crippen LogP contribution in [0.2, 0.25) is 0 Å². The van der Waals surface area contributed by atoms with Crippen molar-refractivity contribution in [3.63, 3.8) is 0 Å². The summed E-state index contributed by atoms with van der Waals surface area (Å²) in [6.45, 7) is 11.0. The first-order valence-electron chi connectivity index (χ1n) is 7.20. The first-order chi connectivity index (χ1) is 8.36. The van der Waals surface area contributed by atoms with Gasteiger partial charge in [-0.1, -0.05) is 41.0 Å². The maximum Gasteiger partial charge on any atom is 0.508 e. The number of rotatable bonds is 4. The van der Waals surface area contributed by atoms with Crippen molar-refractivity contribution in [3.05, 3.63) is 0 Å². The van der Waals surface area contributed by atoms with E-state index < -0.39 is 6.16 Å². The van der Waals surface area contributed by atoms with Crippen molar-refractivity contribution in [1.29, 1.82) is 0 Å². The molecule has 3 heteroatoms. The smallest absolute Gasteiger partial charge is 0.434 e. The zero-order valence-electron chi connectivity index (χ0n) is 12.5. The third-order valence-corrected chi connectivity index (χ3v) is 3.88. The van der Waals surface area contributed by atoms with E-state index in [1.165, 1.54) is 6.42 Å². The molecule has 0 unspecified atom stereocenters. The molecule has 0 aromatic carbocycles. The standard InChI is InChI=1S/C15H28O3/c1-6-12-8-7-9-15(4,5)13(12)18-14(16)17-10-11(2)3/h11-13H,6-10H2,1-5H3/t12-,13+/m1/s1. The van der Waals surface area contributed by atoms with Gasteiger partial charge in [-0.2, -0.15) is 0 Å². The maximum absolute atomic E-state index is 11.7. The zero-order valence-corrected chi connectivity index (χ0v) is 12.5. The first kappa shape index (κ1) is 15.3. The summed E-state index contributed by atoms with van der Waals surface area (Å²) >= 11 is 0. The Morgan fingerprint density at radius 1 is 1.39 bits per heavy atom. The fourth-order valence-corrected chi connectivity index (χ4v) is 2.80. The van der Waals surface area contributed by atoms with Crippen LogP contribution >= 0.6 is 0 Å². The highest BCUT2D eigenvalue weighted by molar-refractivity contribution is 5.60. The molecule has 2 atom stereocenters. The van der Waals surface area contributed by atoms with Crippen LogP contribution in [-0.4, -0.2) is 18.9 Å². The first-order valence-corrected chi connectivity index (χ1v) is 7.20. The fraction of sp³-hybridized carbons (Fsp3) is 0.933. The molecule has 0 radical (unpaired) electrons. The molecule has 0 aromatic rings. The summed E-state index contributed by atoms with van der Waals surface area (Å²) in [7, 11) is 0. The van der Waals surface area contributed by atoms with Crippen LogP contribution in [-0.2, 0) is 9.47 Å². The number of hydrogen-bond acceptors (Lipinski definition) is 3. The Bertz CT molecular complexity index is 271. The highest BCUT2D eigenvalue weighted by Crippen LogP contribution is 2.42.